The zero-order chi connectivity index (χ0) is 8.65. The molecular formula is C4HCl3O2S2. The number of thiophene rings is 1. The van der Waals surface area contributed by atoms with E-state index < -0.39 is 9.05 Å². The van der Waals surface area contributed by atoms with Crippen LogP contribution < -0.4 is 0 Å². The largest absolute Gasteiger partial charge is 0.270 e. The molecule has 62 valence electrons. The van der Waals surface area contributed by atoms with E-state index in [9.17, 15) is 8.42 Å². The fourth-order valence-corrected chi connectivity index (χ4v) is 3.08. The van der Waals surface area contributed by atoms with Gasteiger partial charge in [0.05, 0.1) is 5.02 Å². The van der Waals surface area contributed by atoms with Crippen LogP contribution in [0.5, 0.6) is 0 Å². The van der Waals surface area contributed by atoms with Gasteiger partial charge in [0.25, 0.3) is 9.05 Å². The second-order valence-electron chi connectivity index (χ2n) is 1.62. The summed E-state index contributed by atoms with van der Waals surface area (Å²) < 4.78 is 21.5. The molecule has 0 saturated carbocycles. The summed E-state index contributed by atoms with van der Waals surface area (Å²) in [5.41, 5.74) is 0. The van der Waals surface area contributed by atoms with E-state index in [4.69, 9.17) is 33.9 Å². The van der Waals surface area contributed by atoms with Crippen molar-refractivity contribution < 1.29 is 8.42 Å². The summed E-state index contributed by atoms with van der Waals surface area (Å²) in [6.07, 6.45) is 0. The van der Waals surface area contributed by atoms with E-state index in [0.29, 0.717) is 0 Å². The maximum Gasteiger partial charge on any atom is 0.270 e. The molecule has 0 N–H and O–H groups in total. The Morgan fingerprint density at radius 2 is 1.91 bits per heavy atom. The Morgan fingerprint density at radius 3 is 2.09 bits per heavy atom. The second kappa shape index (κ2) is 3.11. The molecule has 1 aromatic rings. The van der Waals surface area contributed by atoms with E-state index in [-0.39, 0.29) is 13.6 Å². The van der Waals surface area contributed by atoms with Crippen LogP contribution in [0.1, 0.15) is 0 Å². The average Bonchev–Trinajstić information content (AvgIpc) is 2.11. The Hall–Kier alpha value is 0.520. The molecule has 2 nitrogen and oxygen atoms in total. The minimum Gasteiger partial charge on any atom is -0.206 e. The van der Waals surface area contributed by atoms with Crippen LogP contribution in [0.2, 0.25) is 9.36 Å². The monoisotopic (exact) mass is 250 g/mol. The number of hydrogen-bond donors (Lipinski definition) is 0. The van der Waals surface area contributed by atoms with Crippen LogP contribution in [0.25, 0.3) is 0 Å². The molecule has 1 rings (SSSR count). The summed E-state index contributed by atoms with van der Waals surface area (Å²) in [5.74, 6) is 0. The third kappa shape index (κ3) is 2.23. The molecule has 0 saturated heterocycles. The standard InChI is InChI=1S/C4HCl3O2S2/c5-2-1-3(10-4(2)6)11(7,8)9/h1H. The van der Waals surface area contributed by atoms with Crippen LogP contribution in [-0.2, 0) is 9.05 Å². The van der Waals surface area contributed by atoms with E-state index in [0.717, 1.165) is 11.3 Å². The Balaban J connectivity index is 3.29. The maximum absolute atomic E-state index is 10.7. The van der Waals surface area contributed by atoms with Gasteiger partial charge in [0.2, 0.25) is 0 Å². The molecule has 1 heterocycles. The summed E-state index contributed by atoms with van der Waals surface area (Å²) in [5, 5.41) is 0.205. The number of hydrogen-bond acceptors (Lipinski definition) is 3. The van der Waals surface area contributed by atoms with E-state index in [1.165, 1.54) is 6.07 Å². The molecule has 0 amide bonds. The van der Waals surface area contributed by atoms with Crippen molar-refractivity contribution in [1.29, 1.82) is 0 Å². The van der Waals surface area contributed by atoms with Gasteiger partial charge in [-0.2, -0.15) is 0 Å². The SMILES string of the molecule is O=S(=O)(Cl)c1cc(Cl)c(Cl)s1. The van der Waals surface area contributed by atoms with Crippen LogP contribution in [-0.4, -0.2) is 8.42 Å². The zero-order valence-electron chi connectivity index (χ0n) is 4.84. The molecule has 0 fully saturated rings. The third-order valence-corrected chi connectivity index (χ3v) is 4.80. The van der Waals surface area contributed by atoms with Crippen LogP contribution in [0.3, 0.4) is 0 Å². The number of rotatable bonds is 1. The molecule has 1 aromatic heterocycles. The van der Waals surface area contributed by atoms with Crippen molar-refractivity contribution in [3.05, 3.63) is 15.4 Å². The van der Waals surface area contributed by atoms with Gasteiger partial charge in [0.15, 0.2) is 0 Å². The van der Waals surface area contributed by atoms with Crippen molar-refractivity contribution in [1.82, 2.24) is 0 Å². The van der Waals surface area contributed by atoms with Gasteiger partial charge >= 0.3 is 0 Å². The molecule has 0 radical (unpaired) electrons. The first-order chi connectivity index (χ1) is 4.91. The lowest BCUT2D eigenvalue weighted by Crippen LogP contribution is -1.83. The highest BCUT2D eigenvalue weighted by Gasteiger charge is 2.15. The summed E-state index contributed by atoms with van der Waals surface area (Å²) >= 11 is 11.8. The minimum absolute atomic E-state index is 0.0332. The lowest BCUT2D eigenvalue weighted by Gasteiger charge is -1.83. The quantitative estimate of drug-likeness (QED) is 0.719. The topological polar surface area (TPSA) is 34.1 Å². The third-order valence-electron chi connectivity index (χ3n) is 0.863. The molecular weight excluding hydrogens is 251 g/mol. The molecule has 0 spiro atoms. The molecule has 0 bridgehead atoms. The smallest absolute Gasteiger partial charge is 0.206 e. The molecule has 11 heavy (non-hydrogen) atoms. The van der Waals surface area contributed by atoms with E-state index in [1.807, 2.05) is 0 Å². The molecule has 0 aromatic carbocycles. The number of halogens is 3. The van der Waals surface area contributed by atoms with Gasteiger partial charge < -0.3 is 0 Å². The minimum atomic E-state index is -3.68. The zero-order valence-corrected chi connectivity index (χ0v) is 8.75. The Morgan fingerprint density at radius 1 is 1.36 bits per heavy atom. The summed E-state index contributed by atoms with van der Waals surface area (Å²) in [6.45, 7) is 0. The van der Waals surface area contributed by atoms with Gasteiger partial charge in [0, 0.05) is 10.7 Å². The second-order valence-corrected chi connectivity index (χ2v) is 6.48. The summed E-state index contributed by atoms with van der Waals surface area (Å²) in [4.78, 5) is 0. The molecule has 0 aliphatic rings. The first-order valence-electron chi connectivity index (χ1n) is 2.31. The van der Waals surface area contributed by atoms with Crippen molar-refractivity contribution in [2.75, 3.05) is 0 Å². The lowest BCUT2D eigenvalue weighted by atomic mass is 10.7. The molecule has 0 unspecified atom stereocenters. The van der Waals surface area contributed by atoms with Crippen molar-refractivity contribution in [3.63, 3.8) is 0 Å². The predicted molar refractivity (Wildman–Crippen MR) is 47.4 cm³/mol. The molecule has 0 aliphatic heterocycles. The van der Waals surface area contributed by atoms with Gasteiger partial charge in [-0.25, -0.2) is 8.42 Å². The maximum atomic E-state index is 10.7. The lowest BCUT2D eigenvalue weighted by molar-refractivity contribution is 0.611. The Labute approximate surface area is 82.1 Å². The highest BCUT2D eigenvalue weighted by molar-refractivity contribution is 8.15. The van der Waals surface area contributed by atoms with Crippen molar-refractivity contribution >= 4 is 54.3 Å². The van der Waals surface area contributed by atoms with Crippen LogP contribution >= 0.6 is 45.2 Å². The van der Waals surface area contributed by atoms with Gasteiger partial charge in [-0.15, -0.1) is 11.3 Å². The molecule has 0 atom stereocenters. The van der Waals surface area contributed by atoms with Gasteiger partial charge in [-0.3, -0.25) is 0 Å². The van der Waals surface area contributed by atoms with Crippen LogP contribution in [0, 0.1) is 0 Å². The van der Waals surface area contributed by atoms with Gasteiger partial charge in [-0.05, 0) is 6.07 Å². The fourth-order valence-electron chi connectivity index (χ4n) is 0.447. The van der Waals surface area contributed by atoms with Crippen LogP contribution in [0.15, 0.2) is 10.3 Å². The van der Waals surface area contributed by atoms with Crippen molar-refractivity contribution in [2.45, 2.75) is 4.21 Å². The van der Waals surface area contributed by atoms with E-state index in [2.05, 4.69) is 0 Å². The fraction of sp³-hybridized carbons (Fsp3) is 0. The normalized spacial score (nSPS) is 11.9. The van der Waals surface area contributed by atoms with Gasteiger partial charge in [-0.1, -0.05) is 23.2 Å². The molecule has 7 heteroatoms. The van der Waals surface area contributed by atoms with Gasteiger partial charge in [0.1, 0.15) is 8.55 Å². The Kier molecular flexibility index (Phi) is 2.71. The average molecular weight is 252 g/mol. The highest BCUT2D eigenvalue weighted by atomic mass is 35.7. The Bertz CT molecular complexity index is 347. The van der Waals surface area contributed by atoms with Crippen LogP contribution in [0.4, 0.5) is 0 Å². The highest BCUT2D eigenvalue weighted by Crippen LogP contribution is 2.35. The summed E-state index contributed by atoms with van der Waals surface area (Å²) in [7, 11) is 1.33. The summed E-state index contributed by atoms with van der Waals surface area (Å²) in [6, 6.07) is 1.22. The van der Waals surface area contributed by atoms with E-state index in [1.54, 1.807) is 0 Å². The van der Waals surface area contributed by atoms with E-state index >= 15 is 0 Å². The van der Waals surface area contributed by atoms with Crippen molar-refractivity contribution in [3.8, 4) is 0 Å². The molecule has 0 aliphatic carbocycles. The predicted octanol–water partition coefficient (Wildman–Crippen LogP) is 2.98. The first kappa shape index (κ1) is 9.61. The van der Waals surface area contributed by atoms with Crippen molar-refractivity contribution in [2.24, 2.45) is 0 Å². The first-order valence-corrected chi connectivity index (χ1v) is 6.19.